The number of ether oxygens (including phenoxy) is 1. The summed E-state index contributed by atoms with van der Waals surface area (Å²) in [5.74, 6) is 1.12. The Morgan fingerprint density at radius 2 is 1.92 bits per heavy atom. The van der Waals surface area contributed by atoms with Gasteiger partial charge in [0.25, 0.3) is 0 Å². The zero-order valence-corrected chi connectivity index (χ0v) is 14.4. The van der Waals surface area contributed by atoms with Crippen molar-refractivity contribution < 1.29 is 14.3 Å². The molecule has 2 aliphatic rings. The lowest BCUT2D eigenvalue weighted by molar-refractivity contribution is -0.142. The summed E-state index contributed by atoms with van der Waals surface area (Å²) in [4.78, 5) is 27.8. The van der Waals surface area contributed by atoms with Gasteiger partial charge in [-0.1, -0.05) is 18.2 Å². The Hall–Kier alpha value is -2.04. The average Bonchev–Trinajstić information content (AvgIpc) is 2.59. The average molecular weight is 330 g/mol. The number of amides is 2. The SMILES string of the molecule is Cc1ccccc1OC1CCN(C(=O)CN2CCCCC2=O)CC1. The van der Waals surface area contributed by atoms with Crippen LogP contribution in [0.4, 0.5) is 0 Å². The Balaban J connectivity index is 1.47. The van der Waals surface area contributed by atoms with Crippen molar-refractivity contribution in [2.45, 2.75) is 45.1 Å². The Labute approximate surface area is 143 Å². The highest BCUT2D eigenvalue weighted by molar-refractivity contribution is 5.85. The van der Waals surface area contributed by atoms with Crippen LogP contribution >= 0.6 is 0 Å². The van der Waals surface area contributed by atoms with Crippen molar-refractivity contribution in [2.75, 3.05) is 26.2 Å². The number of para-hydroxylation sites is 1. The minimum absolute atomic E-state index is 0.0691. The van der Waals surface area contributed by atoms with Gasteiger partial charge in [0.15, 0.2) is 0 Å². The van der Waals surface area contributed by atoms with E-state index < -0.39 is 0 Å². The lowest BCUT2D eigenvalue weighted by atomic mass is 10.1. The van der Waals surface area contributed by atoms with Crippen molar-refractivity contribution >= 4 is 11.8 Å². The summed E-state index contributed by atoms with van der Waals surface area (Å²) in [7, 11) is 0. The van der Waals surface area contributed by atoms with Crippen molar-refractivity contribution in [1.82, 2.24) is 9.80 Å². The summed E-state index contributed by atoms with van der Waals surface area (Å²) < 4.78 is 6.08. The van der Waals surface area contributed by atoms with E-state index in [1.54, 1.807) is 4.90 Å². The Morgan fingerprint density at radius 1 is 1.17 bits per heavy atom. The molecule has 0 radical (unpaired) electrons. The molecule has 5 heteroatoms. The molecular formula is C19H26N2O3. The zero-order valence-electron chi connectivity index (χ0n) is 14.4. The predicted octanol–water partition coefficient (Wildman–Crippen LogP) is 2.38. The van der Waals surface area contributed by atoms with Crippen molar-refractivity contribution in [3.63, 3.8) is 0 Å². The normalized spacial score (nSPS) is 19.5. The molecule has 0 saturated carbocycles. The molecule has 130 valence electrons. The largest absolute Gasteiger partial charge is 0.490 e. The molecule has 0 N–H and O–H groups in total. The van der Waals surface area contributed by atoms with E-state index in [1.165, 1.54) is 0 Å². The smallest absolute Gasteiger partial charge is 0.242 e. The summed E-state index contributed by atoms with van der Waals surface area (Å²) in [6, 6.07) is 8.03. The fourth-order valence-corrected chi connectivity index (χ4v) is 3.38. The number of carbonyl (C=O) groups excluding carboxylic acids is 2. The molecule has 0 bridgehead atoms. The summed E-state index contributed by atoms with van der Waals surface area (Å²) in [6.07, 6.45) is 4.38. The van der Waals surface area contributed by atoms with E-state index in [4.69, 9.17) is 4.74 Å². The molecule has 0 aromatic heterocycles. The minimum Gasteiger partial charge on any atom is -0.490 e. The van der Waals surface area contributed by atoms with Crippen LogP contribution in [0.1, 0.15) is 37.7 Å². The topological polar surface area (TPSA) is 49.9 Å². The summed E-state index contributed by atoms with van der Waals surface area (Å²) >= 11 is 0. The van der Waals surface area contributed by atoms with Crippen LogP contribution < -0.4 is 4.74 Å². The van der Waals surface area contributed by atoms with E-state index in [2.05, 4.69) is 0 Å². The van der Waals surface area contributed by atoms with Crippen molar-refractivity contribution in [3.8, 4) is 5.75 Å². The van der Waals surface area contributed by atoms with Gasteiger partial charge in [-0.2, -0.15) is 0 Å². The van der Waals surface area contributed by atoms with Crippen molar-refractivity contribution in [3.05, 3.63) is 29.8 Å². The number of likely N-dealkylation sites (tertiary alicyclic amines) is 2. The first-order chi connectivity index (χ1) is 11.6. The highest BCUT2D eigenvalue weighted by atomic mass is 16.5. The molecule has 3 rings (SSSR count). The van der Waals surface area contributed by atoms with Gasteiger partial charge in [0.2, 0.25) is 11.8 Å². The van der Waals surface area contributed by atoms with Crippen LogP contribution in [0.5, 0.6) is 5.75 Å². The van der Waals surface area contributed by atoms with Crippen LogP contribution in [0.2, 0.25) is 0 Å². The Morgan fingerprint density at radius 3 is 2.62 bits per heavy atom. The standard InChI is InChI=1S/C19H26N2O3/c1-15-6-2-3-7-17(15)24-16-9-12-20(13-10-16)19(23)14-21-11-5-4-8-18(21)22/h2-3,6-7,16H,4-5,8-14H2,1H3. The van der Waals surface area contributed by atoms with E-state index in [0.717, 1.165) is 43.5 Å². The first-order valence-corrected chi connectivity index (χ1v) is 8.91. The van der Waals surface area contributed by atoms with E-state index >= 15 is 0 Å². The fourth-order valence-electron chi connectivity index (χ4n) is 3.38. The number of carbonyl (C=O) groups is 2. The Bertz CT molecular complexity index is 594. The minimum atomic E-state index is 0.0691. The van der Waals surface area contributed by atoms with Crippen LogP contribution in [0.15, 0.2) is 24.3 Å². The zero-order chi connectivity index (χ0) is 16.9. The van der Waals surface area contributed by atoms with E-state index in [9.17, 15) is 9.59 Å². The number of nitrogens with zero attached hydrogens (tertiary/aromatic N) is 2. The fraction of sp³-hybridized carbons (Fsp3) is 0.579. The maximum atomic E-state index is 12.4. The molecule has 0 aliphatic carbocycles. The van der Waals surface area contributed by atoms with Crippen molar-refractivity contribution in [2.24, 2.45) is 0 Å². The van der Waals surface area contributed by atoms with Gasteiger partial charge in [-0.05, 0) is 31.4 Å². The van der Waals surface area contributed by atoms with Crippen LogP contribution in [-0.4, -0.2) is 53.9 Å². The Kier molecular flexibility index (Phi) is 5.38. The van der Waals surface area contributed by atoms with Gasteiger partial charge in [0.05, 0.1) is 6.54 Å². The van der Waals surface area contributed by atoms with Crippen molar-refractivity contribution in [1.29, 1.82) is 0 Å². The van der Waals surface area contributed by atoms with Gasteiger partial charge in [-0.25, -0.2) is 0 Å². The first-order valence-electron chi connectivity index (χ1n) is 8.91. The second kappa shape index (κ2) is 7.69. The number of aryl methyl sites for hydroxylation is 1. The van der Waals surface area contributed by atoms with Crippen LogP contribution in [0, 0.1) is 6.92 Å². The second-order valence-electron chi connectivity index (χ2n) is 6.74. The summed E-state index contributed by atoms with van der Waals surface area (Å²) in [5.41, 5.74) is 1.14. The molecule has 2 amide bonds. The quantitative estimate of drug-likeness (QED) is 0.852. The molecular weight excluding hydrogens is 304 g/mol. The number of hydrogen-bond acceptors (Lipinski definition) is 3. The molecule has 2 heterocycles. The number of piperidine rings is 2. The van der Waals surface area contributed by atoms with E-state index in [0.29, 0.717) is 19.5 Å². The molecule has 24 heavy (non-hydrogen) atoms. The molecule has 2 saturated heterocycles. The summed E-state index contributed by atoms with van der Waals surface area (Å²) in [5, 5.41) is 0. The predicted molar refractivity (Wildman–Crippen MR) is 91.8 cm³/mol. The second-order valence-corrected chi connectivity index (χ2v) is 6.74. The van der Waals surface area contributed by atoms with Crippen LogP contribution in [-0.2, 0) is 9.59 Å². The van der Waals surface area contributed by atoms with E-state index in [1.807, 2.05) is 36.1 Å². The monoisotopic (exact) mass is 330 g/mol. The van der Waals surface area contributed by atoms with Gasteiger partial charge in [0, 0.05) is 38.9 Å². The third kappa shape index (κ3) is 4.08. The third-order valence-electron chi connectivity index (χ3n) is 4.93. The molecule has 0 atom stereocenters. The molecule has 5 nitrogen and oxygen atoms in total. The maximum Gasteiger partial charge on any atom is 0.242 e. The molecule has 2 fully saturated rings. The third-order valence-corrected chi connectivity index (χ3v) is 4.93. The maximum absolute atomic E-state index is 12.4. The molecule has 0 unspecified atom stereocenters. The lowest BCUT2D eigenvalue weighted by Crippen LogP contribution is -2.48. The van der Waals surface area contributed by atoms with Gasteiger partial charge >= 0.3 is 0 Å². The number of rotatable bonds is 4. The first kappa shape index (κ1) is 16.8. The van der Waals surface area contributed by atoms with Crippen LogP contribution in [0.3, 0.4) is 0 Å². The van der Waals surface area contributed by atoms with Gasteiger partial charge in [-0.15, -0.1) is 0 Å². The van der Waals surface area contributed by atoms with Gasteiger partial charge in [-0.3, -0.25) is 9.59 Å². The number of benzene rings is 1. The van der Waals surface area contributed by atoms with Crippen LogP contribution in [0.25, 0.3) is 0 Å². The molecule has 2 aliphatic heterocycles. The number of hydrogen-bond donors (Lipinski definition) is 0. The molecule has 0 spiro atoms. The summed E-state index contributed by atoms with van der Waals surface area (Å²) in [6.45, 7) is 4.41. The lowest BCUT2D eigenvalue weighted by Gasteiger charge is -2.34. The molecule has 1 aromatic carbocycles. The molecule has 1 aromatic rings. The van der Waals surface area contributed by atoms with E-state index in [-0.39, 0.29) is 24.5 Å². The highest BCUT2D eigenvalue weighted by Gasteiger charge is 2.27. The van der Waals surface area contributed by atoms with Gasteiger partial charge < -0.3 is 14.5 Å². The van der Waals surface area contributed by atoms with Gasteiger partial charge in [0.1, 0.15) is 11.9 Å². The highest BCUT2D eigenvalue weighted by Crippen LogP contribution is 2.22.